The average molecular weight is 478 g/mol. The SMILES string of the molecule is Nc1ncc(-c2cc(C(=O)Nc3ccc(OC(F)(F)Cl)cc3)cnc2N2CCC(O)C2)nn1. The number of hydrogen-bond acceptors (Lipinski definition) is 9. The van der Waals surface area contributed by atoms with Gasteiger partial charge < -0.3 is 25.8 Å². The predicted octanol–water partition coefficient (Wildman–Crippen LogP) is 2.51. The normalized spacial score (nSPS) is 16.0. The maximum Gasteiger partial charge on any atom is 0.487 e. The molecule has 0 saturated carbocycles. The van der Waals surface area contributed by atoms with Crippen LogP contribution in [0.3, 0.4) is 0 Å². The summed E-state index contributed by atoms with van der Waals surface area (Å²) < 4.78 is 29.7. The number of aromatic nitrogens is 4. The molecule has 172 valence electrons. The minimum absolute atomic E-state index is 0.00175. The Morgan fingerprint density at radius 2 is 2.00 bits per heavy atom. The van der Waals surface area contributed by atoms with Crippen molar-refractivity contribution < 1.29 is 23.4 Å². The number of ether oxygens (including phenoxy) is 1. The first-order valence-electron chi connectivity index (χ1n) is 9.74. The van der Waals surface area contributed by atoms with Crippen molar-refractivity contribution >= 4 is 35.0 Å². The molecule has 4 rings (SSSR count). The molecule has 1 aliphatic heterocycles. The summed E-state index contributed by atoms with van der Waals surface area (Å²) in [5, 5.41) is 20.3. The van der Waals surface area contributed by atoms with Crippen LogP contribution in [-0.4, -0.2) is 55.9 Å². The number of anilines is 3. The lowest BCUT2D eigenvalue weighted by Crippen LogP contribution is -2.23. The van der Waals surface area contributed by atoms with Crippen LogP contribution >= 0.6 is 11.6 Å². The third kappa shape index (κ3) is 5.59. The average Bonchev–Trinajstić information content (AvgIpc) is 3.20. The minimum Gasteiger partial charge on any atom is -0.420 e. The molecule has 10 nitrogen and oxygen atoms in total. The lowest BCUT2D eigenvalue weighted by Gasteiger charge is -2.20. The van der Waals surface area contributed by atoms with Gasteiger partial charge in [-0.3, -0.25) is 4.79 Å². The third-order valence-corrected chi connectivity index (χ3v) is 4.87. The number of nitrogens with two attached hydrogens (primary N) is 1. The summed E-state index contributed by atoms with van der Waals surface area (Å²) in [7, 11) is 0. The number of halogens is 3. The lowest BCUT2D eigenvalue weighted by molar-refractivity contribution is -0.0964. The lowest BCUT2D eigenvalue weighted by atomic mass is 10.1. The van der Waals surface area contributed by atoms with E-state index in [1.165, 1.54) is 36.7 Å². The molecular weight excluding hydrogens is 460 g/mol. The summed E-state index contributed by atoms with van der Waals surface area (Å²) in [5.41, 5.74) is 3.08. The summed E-state index contributed by atoms with van der Waals surface area (Å²) in [6.07, 6.45) is 2.92. The molecule has 1 fully saturated rings. The number of aliphatic hydroxyl groups excluding tert-OH is 1. The Kier molecular flexibility index (Phi) is 6.20. The van der Waals surface area contributed by atoms with E-state index in [-0.39, 0.29) is 17.3 Å². The van der Waals surface area contributed by atoms with Crippen LogP contribution in [-0.2, 0) is 0 Å². The second-order valence-corrected chi connectivity index (χ2v) is 7.65. The highest BCUT2D eigenvalue weighted by atomic mass is 35.5. The molecule has 0 aliphatic carbocycles. The summed E-state index contributed by atoms with van der Waals surface area (Å²) in [5.74, 6) is -0.140. The molecule has 3 heterocycles. The van der Waals surface area contributed by atoms with Crippen molar-refractivity contribution in [2.24, 2.45) is 0 Å². The Hall–Kier alpha value is -3.64. The fourth-order valence-electron chi connectivity index (χ4n) is 3.31. The van der Waals surface area contributed by atoms with E-state index >= 15 is 0 Å². The number of benzene rings is 1. The van der Waals surface area contributed by atoms with E-state index in [1.54, 1.807) is 6.07 Å². The zero-order chi connectivity index (χ0) is 23.6. The second kappa shape index (κ2) is 9.08. The Labute approximate surface area is 191 Å². The number of rotatable bonds is 6. The van der Waals surface area contributed by atoms with E-state index in [4.69, 9.17) is 17.3 Å². The van der Waals surface area contributed by atoms with Crippen molar-refractivity contribution in [1.82, 2.24) is 20.2 Å². The van der Waals surface area contributed by atoms with E-state index in [1.807, 2.05) is 4.90 Å². The van der Waals surface area contributed by atoms with Gasteiger partial charge in [-0.05, 0) is 36.8 Å². The van der Waals surface area contributed by atoms with Crippen LogP contribution < -0.4 is 20.7 Å². The smallest absolute Gasteiger partial charge is 0.420 e. The van der Waals surface area contributed by atoms with Crippen LogP contribution in [0.5, 0.6) is 5.75 Å². The van der Waals surface area contributed by atoms with Crippen molar-refractivity contribution in [3.8, 4) is 17.0 Å². The molecule has 1 unspecified atom stereocenters. The van der Waals surface area contributed by atoms with Crippen LogP contribution in [0.1, 0.15) is 16.8 Å². The van der Waals surface area contributed by atoms with Crippen molar-refractivity contribution in [1.29, 1.82) is 0 Å². The molecule has 13 heteroatoms. The summed E-state index contributed by atoms with van der Waals surface area (Å²) in [4.78, 5) is 23.0. The molecule has 0 radical (unpaired) electrons. The monoisotopic (exact) mass is 477 g/mol. The second-order valence-electron chi connectivity index (χ2n) is 7.21. The molecule has 4 N–H and O–H groups in total. The Bertz CT molecular complexity index is 1140. The molecule has 3 aromatic rings. The molecule has 33 heavy (non-hydrogen) atoms. The quantitative estimate of drug-likeness (QED) is 0.457. The van der Waals surface area contributed by atoms with Gasteiger partial charge in [-0.1, -0.05) is 0 Å². The number of carbonyl (C=O) groups excluding carboxylic acids is 1. The first-order valence-corrected chi connectivity index (χ1v) is 10.1. The van der Waals surface area contributed by atoms with Gasteiger partial charge in [0.1, 0.15) is 17.3 Å². The van der Waals surface area contributed by atoms with Crippen LogP contribution in [0.2, 0.25) is 0 Å². The van der Waals surface area contributed by atoms with Crippen molar-refractivity contribution in [3.05, 3.63) is 48.3 Å². The molecule has 1 atom stereocenters. The van der Waals surface area contributed by atoms with E-state index in [0.717, 1.165) is 0 Å². The number of amides is 1. The number of nitrogens with zero attached hydrogens (tertiary/aromatic N) is 5. The van der Waals surface area contributed by atoms with E-state index in [9.17, 15) is 18.7 Å². The predicted molar refractivity (Wildman–Crippen MR) is 116 cm³/mol. The number of carbonyl (C=O) groups is 1. The van der Waals surface area contributed by atoms with Gasteiger partial charge in [0.15, 0.2) is 0 Å². The zero-order valence-electron chi connectivity index (χ0n) is 17.0. The summed E-state index contributed by atoms with van der Waals surface area (Å²) in [6, 6.07) is 6.84. The Balaban J connectivity index is 1.59. The first-order chi connectivity index (χ1) is 15.7. The molecular formula is C20H18ClF2N7O3. The fraction of sp³-hybridized carbons (Fsp3) is 0.250. The van der Waals surface area contributed by atoms with Crippen LogP contribution in [0, 0.1) is 0 Å². The standard InChI is InChI=1S/C20H18ClF2N7O3/c21-20(22,23)33-14-3-1-12(2-4-14)27-18(32)11-7-15(16-9-26-19(24)29-28-16)17(25-8-11)30-6-5-13(31)10-30/h1-4,7-9,13,31H,5-6,10H2,(H,27,32)(H2,24,26,29). The number of nitrogens with one attached hydrogen (secondary N) is 1. The van der Waals surface area contributed by atoms with Crippen molar-refractivity contribution in [3.63, 3.8) is 0 Å². The largest absolute Gasteiger partial charge is 0.487 e. The molecule has 0 spiro atoms. The zero-order valence-corrected chi connectivity index (χ0v) is 17.7. The molecule has 1 amide bonds. The first kappa shape index (κ1) is 22.6. The molecule has 1 aromatic carbocycles. The number of pyridine rings is 1. The van der Waals surface area contributed by atoms with Gasteiger partial charge >= 0.3 is 5.57 Å². The van der Waals surface area contributed by atoms with E-state index in [2.05, 4.69) is 30.2 Å². The summed E-state index contributed by atoms with van der Waals surface area (Å²) >= 11 is 4.74. The Morgan fingerprint density at radius 3 is 2.61 bits per heavy atom. The van der Waals surface area contributed by atoms with Gasteiger partial charge in [0, 0.05) is 42.1 Å². The number of β-amino-alcohol motifs (C(OH)–C–C–N with tert-alkyl or cyclic N) is 1. The van der Waals surface area contributed by atoms with Gasteiger partial charge in [0.2, 0.25) is 5.95 Å². The van der Waals surface area contributed by atoms with Gasteiger partial charge in [-0.15, -0.1) is 19.0 Å². The number of hydrogen-bond donors (Lipinski definition) is 3. The highest BCUT2D eigenvalue weighted by Gasteiger charge is 2.28. The van der Waals surface area contributed by atoms with E-state index in [0.29, 0.717) is 42.3 Å². The third-order valence-electron chi connectivity index (χ3n) is 4.79. The molecule has 0 bridgehead atoms. The molecule has 1 saturated heterocycles. The van der Waals surface area contributed by atoms with Gasteiger partial charge in [0.05, 0.1) is 17.9 Å². The number of nitrogen functional groups attached to an aromatic ring is 1. The van der Waals surface area contributed by atoms with Crippen LogP contribution in [0.15, 0.2) is 42.7 Å². The van der Waals surface area contributed by atoms with Gasteiger partial charge in [0.25, 0.3) is 5.91 Å². The highest BCUT2D eigenvalue weighted by Crippen LogP contribution is 2.31. The van der Waals surface area contributed by atoms with Crippen LogP contribution in [0.4, 0.5) is 26.2 Å². The van der Waals surface area contributed by atoms with Gasteiger partial charge in [-0.25, -0.2) is 9.97 Å². The maximum absolute atomic E-state index is 12.8. The Morgan fingerprint density at radius 1 is 1.24 bits per heavy atom. The topological polar surface area (TPSA) is 139 Å². The molecule has 1 aliphatic rings. The van der Waals surface area contributed by atoms with Gasteiger partial charge in [-0.2, -0.15) is 0 Å². The van der Waals surface area contributed by atoms with Crippen LogP contribution in [0.25, 0.3) is 11.3 Å². The fourth-order valence-corrected chi connectivity index (χ4v) is 3.40. The van der Waals surface area contributed by atoms with E-state index < -0.39 is 17.6 Å². The van der Waals surface area contributed by atoms with Crippen molar-refractivity contribution in [2.75, 3.05) is 29.0 Å². The summed E-state index contributed by atoms with van der Waals surface area (Å²) in [6.45, 7) is 0.968. The van der Waals surface area contributed by atoms with Crippen molar-refractivity contribution in [2.45, 2.75) is 18.1 Å². The number of aliphatic hydroxyl groups is 1. The molecule has 2 aromatic heterocycles. The maximum atomic E-state index is 12.8. The number of alkyl halides is 3. The highest BCUT2D eigenvalue weighted by molar-refractivity contribution is 6.20. The minimum atomic E-state index is -3.83.